The largest absolute Gasteiger partial charge is 0.495 e. The van der Waals surface area contributed by atoms with E-state index in [2.05, 4.69) is 26.4 Å². The molecule has 2 amide bonds. The first-order valence-corrected chi connectivity index (χ1v) is 14.0. The standard InChI is InChI=1S/C30H35ClN6O4/c1-30(2,3)41-29(39)36-8-6-23(7-9-36)37-17-22(16-35-37)20-12-24-21(15-34-27(24)33-14-20)11-18-10-19(28(38)32-4)13-25(40-5)26(18)31/h10,12-17,23H,6-9,11H2,1-5H3,(H,32,38)(H,33,34). The van der Waals surface area contributed by atoms with Crippen LogP contribution >= 0.6 is 11.6 Å². The van der Waals surface area contributed by atoms with Gasteiger partial charge in [0.05, 0.1) is 24.4 Å². The van der Waals surface area contributed by atoms with Crippen molar-refractivity contribution in [1.29, 1.82) is 0 Å². The smallest absolute Gasteiger partial charge is 0.410 e. The lowest BCUT2D eigenvalue weighted by Gasteiger charge is -2.33. The molecule has 1 aliphatic rings. The van der Waals surface area contributed by atoms with E-state index in [9.17, 15) is 9.59 Å². The summed E-state index contributed by atoms with van der Waals surface area (Å²) in [6, 6.07) is 5.72. The van der Waals surface area contributed by atoms with Crippen LogP contribution in [-0.2, 0) is 11.2 Å². The molecule has 4 aromatic rings. The summed E-state index contributed by atoms with van der Waals surface area (Å²) < 4.78 is 12.9. The van der Waals surface area contributed by atoms with Gasteiger partial charge in [0, 0.05) is 67.2 Å². The zero-order valence-corrected chi connectivity index (χ0v) is 24.7. The normalized spacial score (nSPS) is 14.3. The number of ether oxygens (including phenoxy) is 2. The molecule has 11 heteroatoms. The van der Waals surface area contributed by atoms with Crippen LogP contribution in [0.15, 0.2) is 43.0 Å². The monoisotopic (exact) mass is 578 g/mol. The average Bonchev–Trinajstić information content (AvgIpc) is 3.60. The van der Waals surface area contributed by atoms with Crippen molar-refractivity contribution < 1.29 is 19.1 Å². The molecule has 41 heavy (non-hydrogen) atoms. The number of piperidine rings is 1. The van der Waals surface area contributed by atoms with Crippen molar-refractivity contribution in [2.75, 3.05) is 27.2 Å². The Morgan fingerprint density at radius 3 is 2.56 bits per heavy atom. The Kier molecular flexibility index (Phi) is 7.95. The van der Waals surface area contributed by atoms with Gasteiger partial charge < -0.3 is 24.7 Å². The van der Waals surface area contributed by atoms with E-state index in [1.54, 1.807) is 24.1 Å². The fourth-order valence-electron chi connectivity index (χ4n) is 5.10. The van der Waals surface area contributed by atoms with Crippen LogP contribution in [0.1, 0.15) is 61.1 Å². The third-order valence-corrected chi connectivity index (χ3v) is 7.68. The number of fused-ring (bicyclic) bond motifs is 1. The number of pyridine rings is 1. The van der Waals surface area contributed by atoms with Gasteiger partial charge in [0.2, 0.25) is 0 Å². The number of nitrogens with one attached hydrogen (secondary N) is 2. The molecule has 1 fully saturated rings. The highest BCUT2D eigenvalue weighted by Crippen LogP contribution is 2.34. The average molecular weight is 579 g/mol. The zero-order chi connectivity index (χ0) is 29.3. The summed E-state index contributed by atoms with van der Waals surface area (Å²) in [7, 11) is 3.12. The van der Waals surface area contributed by atoms with Gasteiger partial charge >= 0.3 is 6.09 Å². The Morgan fingerprint density at radius 1 is 1.12 bits per heavy atom. The number of aromatic amines is 1. The van der Waals surface area contributed by atoms with E-state index < -0.39 is 5.60 Å². The molecular weight excluding hydrogens is 544 g/mol. The van der Waals surface area contributed by atoms with Crippen molar-refractivity contribution in [3.63, 3.8) is 0 Å². The van der Waals surface area contributed by atoms with Crippen molar-refractivity contribution in [2.45, 2.75) is 51.7 Å². The molecule has 3 aromatic heterocycles. The fraction of sp³-hybridized carbons (Fsp3) is 0.400. The summed E-state index contributed by atoms with van der Waals surface area (Å²) in [4.78, 5) is 34.4. The maximum Gasteiger partial charge on any atom is 0.410 e. The van der Waals surface area contributed by atoms with Gasteiger partial charge in [-0.15, -0.1) is 0 Å². The van der Waals surface area contributed by atoms with Crippen LogP contribution in [-0.4, -0.2) is 69.5 Å². The summed E-state index contributed by atoms with van der Waals surface area (Å²) in [5, 5.41) is 8.72. The minimum atomic E-state index is -0.506. The number of hydrogen-bond acceptors (Lipinski definition) is 6. The second-order valence-electron chi connectivity index (χ2n) is 11.2. The minimum absolute atomic E-state index is 0.201. The summed E-state index contributed by atoms with van der Waals surface area (Å²) >= 11 is 6.63. The highest BCUT2D eigenvalue weighted by atomic mass is 35.5. The number of rotatable bonds is 6. The van der Waals surface area contributed by atoms with Gasteiger partial charge in [0.1, 0.15) is 17.0 Å². The molecule has 0 aliphatic carbocycles. The molecule has 216 valence electrons. The van der Waals surface area contributed by atoms with Crippen molar-refractivity contribution in [1.82, 2.24) is 30.0 Å². The number of H-pyrrole nitrogens is 1. The number of aromatic nitrogens is 4. The first-order valence-electron chi connectivity index (χ1n) is 13.6. The molecule has 1 aromatic carbocycles. The van der Waals surface area contributed by atoms with E-state index >= 15 is 0 Å². The Balaban J connectivity index is 1.34. The minimum Gasteiger partial charge on any atom is -0.495 e. The molecule has 0 spiro atoms. The van der Waals surface area contributed by atoms with Crippen LogP contribution in [0.4, 0.5) is 4.79 Å². The molecule has 1 aliphatic heterocycles. The number of likely N-dealkylation sites (tertiary alicyclic amines) is 1. The second kappa shape index (κ2) is 11.4. The summed E-state index contributed by atoms with van der Waals surface area (Å²) in [6.45, 7) is 6.89. The van der Waals surface area contributed by atoms with E-state index in [4.69, 9.17) is 21.1 Å². The van der Waals surface area contributed by atoms with E-state index in [1.165, 1.54) is 7.11 Å². The zero-order valence-electron chi connectivity index (χ0n) is 24.0. The molecule has 0 saturated carbocycles. The number of carbonyl (C=O) groups excluding carboxylic acids is 2. The third kappa shape index (κ3) is 6.17. The highest BCUT2D eigenvalue weighted by molar-refractivity contribution is 6.33. The lowest BCUT2D eigenvalue weighted by Crippen LogP contribution is -2.42. The Bertz CT molecular complexity index is 1580. The topological polar surface area (TPSA) is 114 Å². The summed E-state index contributed by atoms with van der Waals surface area (Å²) in [5.74, 6) is 0.238. The molecule has 0 unspecified atom stereocenters. The second-order valence-corrected chi connectivity index (χ2v) is 11.6. The number of nitrogens with zero attached hydrogens (tertiary/aromatic N) is 4. The van der Waals surface area contributed by atoms with Gasteiger partial charge in [0.25, 0.3) is 5.91 Å². The van der Waals surface area contributed by atoms with Crippen molar-refractivity contribution in [2.24, 2.45) is 0 Å². The van der Waals surface area contributed by atoms with Gasteiger partial charge in [-0.2, -0.15) is 5.10 Å². The van der Waals surface area contributed by atoms with Crippen molar-refractivity contribution in [3.05, 3.63) is 64.7 Å². The van der Waals surface area contributed by atoms with Crippen LogP contribution in [0.2, 0.25) is 5.02 Å². The molecule has 0 bridgehead atoms. The molecule has 1 saturated heterocycles. The van der Waals surface area contributed by atoms with Crippen LogP contribution in [0, 0.1) is 0 Å². The number of amides is 2. The Morgan fingerprint density at radius 2 is 1.88 bits per heavy atom. The fourth-order valence-corrected chi connectivity index (χ4v) is 5.35. The highest BCUT2D eigenvalue weighted by Gasteiger charge is 2.28. The molecule has 5 rings (SSSR count). The molecule has 4 heterocycles. The predicted molar refractivity (Wildman–Crippen MR) is 158 cm³/mol. The first kappa shape index (κ1) is 28.5. The molecule has 10 nitrogen and oxygen atoms in total. The van der Waals surface area contributed by atoms with E-state index in [0.717, 1.165) is 46.1 Å². The summed E-state index contributed by atoms with van der Waals surface area (Å²) in [6.07, 6.45) is 9.47. The third-order valence-electron chi connectivity index (χ3n) is 7.25. The van der Waals surface area contributed by atoms with E-state index in [0.29, 0.717) is 35.8 Å². The number of halogens is 1. The molecule has 0 radical (unpaired) electrons. The Hall–Kier alpha value is -4.05. The quantitative estimate of drug-likeness (QED) is 0.307. The number of carbonyl (C=O) groups is 2. The van der Waals surface area contributed by atoms with Gasteiger partial charge in [0.15, 0.2) is 0 Å². The van der Waals surface area contributed by atoms with Gasteiger partial charge in [-0.05, 0) is 62.9 Å². The maximum atomic E-state index is 12.4. The number of methoxy groups -OCH3 is 1. The summed E-state index contributed by atoms with van der Waals surface area (Å²) in [5.41, 5.74) is 4.41. The molecule has 0 atom stereocenters. The van der Waals surface area contributed by atoms with Crippen molar-refractivity contribution >= 4 is 34.6 Å². The van der Waals surface area contributed by atoms with Gasteiger partial charge in [-0.1, -0.05) is 11.6 Å². The number of benzene rings is 1. The molecule has 2 N–H and O–H groups in total. The van der Waals surface area contributed by atoms with Crippen molar-refractivity contribution in [3.8, 4) is 16.9 Å². The predicted octanol–water partition coefficient (Wildman–Crippen LogP) is 5.61. The SMILES string of the molecule is CNC(=O)c1cc(Cc2c[nH]c3ncc(-c4cnn(C5CCN(C(=O)OC(C)(C)C)CC5)c4)cc23)c(Cl)c(OC)c1. The van der Waals surface area contributed by atoms with Crippen LogP contribution < -0.4 is 10.1 Å². The maximum absolute atomic E-state index is 12.4. The van der Waals surface area contributed by atoms with Gasteiger partial charge in [-0.25, -0.2) is 9.78 Å². The van der Waals surface area contributed by atoms with E-state index in [1.807, 2.05) is 50.2 Å². The lowest BCUT2D eigenvalue weighted by molar-refractivity contribution is 0.0184. The van der Waals surface area contributed by atoms with Gasteiger partial charge in [-0.3, -0.25) is 9.48 Å². The van der Waals surface area contributed by atoms with Crippen LogP contribution in [0.25, 0.3) is 22.2 Å². The van der Waals surface area contributed by atoms with E-state index in [-0.39, 0.29) is 18.0 Å². The first-order chi connectivity index (χ1) is 19.6. The van der Waals surface area contributed by atoms with Crippen LogP contribution in [0.5, 0.6) is 5.75 Å². The number of hydrogen-bond donors (Lipinski definition) is 2. The van der Waals surface area contributed by atoms with Crippen LogP contribution in [0.3, 0.4) is 0 Å². The lowest BCUT2D eigenvalue weighted by atomic mass is 10.0. The molecular formula is C30H35ClN6O4. The Labute approximate surface area is 244 Å².